The van der Waals surface area contributed by atoms with E-state index >= 15 is 0 Å². The van der Waals surface area contributed by atoms with Crippen molar-refractivity contribution in [2.75, 3.05) is 0 Å². The fraction of sp³-hybridized carbons (Fsp3) is 0.800. The number of alkyl halides is 3. The van der Waals surface area contributed by atoms with Crippen LogP contribution in [-0.2, 0) is 19.1 Å². The molecule has 6 nitrogen and oxygen atoms in total. The van der Waals surface area contributed by atoms with Crippen molar-refractivity contribution in [1.29, 1.82) is 0 Å². The van der Waals surface area contributed by atoms with Crippen LogP contribution in [0.5, 0.6) is 0 Å². The Bertz CT molecular complexity index is 360. The summed E-state index contributed by atoms with van der Waals surface area (Å²) in [6.45, 7) is 2.50. The Hall–Kier alpha value is -1.35. The van der Waals surface area contributed by atoms with Gasteiger partial charge in [0.1, 0.15) is 6.10 Å². The summed E-state index contributed by atoms with van der Waals surface area (Å²) in [5, 5.41) is 11.0. The highest BCUT2D eigenvalue weighted by Crippen LogP contribution is 2.23. The van der Waals surface area contributed by atoms with E-state index in [2.05, 4.69) is 0 Å². The van der Waals surface area contributed by atoms with Crippen LogP contribution >= 0.6 is 0 Å². The summed E-state index contributed by atoms with van der Waals surface area (Å²) in [5.74, 6) is -2.88. The predicted octanol–water partition coefficient (Wildman–Crippen LogP) is 0.0924. The molecular weight excluding hydrogens is 271 g/mol. The number of aliphatic hydroxyl groups is 1. The Balaban J connectivity index is 2.79. The number of hydrogen-bond acceptors (Lipinski definition) is 5. The number of nitrogens with one attached hydrogen (secondary N) is 1. The van der Waals surface area contributed by atoms with Crippen LogP contribution in [0.2, 0.25) is 0 Å². The van der Waals surface area contributed by atoms with E-state index in [1.165, 1.54) is 6.92 Å². The third-order valence-corrected chi connectivity index (χ3v) is 2.56. The van der Waals surface area contributed by atoms with Gasteiger partial charge in [-0.15, -0.1) is 0 Å². The molecule has 0 aromatic carbocycles. The molecule has 1 fully saturated rings. The van der Waals surface area contributed by atoms with Crippen LogP contribution in [0.3, 0.4) is 0 Å². The highest BCUT2D eigenvalue weighted by atomic mass is 19.4. The van der Waals surface area contributed by atoms with Crippen LogP contribution in [0.4, 0.5) is 13.2 Å². The van der Waals surface area contributed by atoms with Gasteiger partial charge >= 0.3 is 18.1 Å². The molecule has 1 saturated heterocycles. The second-order valence-electron chi connectivity index (χ2n) is 4.18. The lowest BCUT2D eigenvalue weighted by Gasteiger charge is -2.38. The van der Waals surface area contributed by atoms with Gasteiger partial charge in [0.05, 0.1) is 12.1 Å². The minimum Gasteiger partial charge on any atom is -0.458 e. The van der Waals surface area contributed by atoms with E-state index in [0.29, 0.717) is 0 Å². The molecule has 0 aliphatic carbocycles. The van der Waals surface area contributed by atoms with E-state index in [1.807, 2.05) is 0 Å². The van der Waals surface area contributed by atoms with Crippen LogP contribution in [0.25, 0.3) is 0 Å². The third-order valence-electron chi connectivity index (χ3n) is 2.56. The minimum atomic E-state index is -5.05. The van der Waals surface area contributed by atoms with Crippen LogP contribution in [-0.4, -0.2) is 47.7 Å². The molecule has 2 N–H and O–H groups in total. The Kier molecular flexibility index (Phi) is 4.75. The predicted molar refractivity (Wildman–Crippen MR) is 54.7 cm³/mol. The van der Waals surface area contributed by atoms with Crippen molar-refractivity contribution in [3.8, 4) is 0 Å². The van der Waals surface area contributed by atoms with Gasteiger partial charge < -0.3 is 19.9 Å². The topological polar surface area (TPSA) is 84.9 Å². The van der Waals surface area contributed by atoms with Crippen molar-refractivity contribution in [3.05, 3.63) is 0 Å². The number of carbonyl (C=O) groups is 2. The molecule has 1 amide bonds. The summed E-state index contributed by atoms with van der Waals surface area (Å²) in [5.41, 5.74) is 0. The van der Waals surface area contributed by atoms with Gasteiger partial charge in [0.2, 0.25) is 0 Å². The Morgan fingerprint density at radius 2 is 2.00 bits per heavy atom. The average Bonchev–Trinajstić information content (AvgIpc) is 2.21. The van der Waals surface area contributed by atoms with Gasteiger partial charge in [0.15, 0.2) is 6.29 Å². The summed E-state index contributed by atoms with van der Waals surface area (Å²) in [4.78, 5) is 21.8. The maximum absolute atomic E-state index is 12.2. The largest absolute Gasteiger partial charge is 0.471 e. The van der Waals surface area contributed by atoms with Crippen molar-refractivity contribution in [3.63, 3.8) is 0 Å². The van der Waals surface area contributed by atoms with Crippen LogP contribution in [0, 0.1) is 0 Å². The lowest BCUT2D eigenvalue weighted by atomic mass is 9.99. The summed E-state index contributed by atoms with van der Waals surface area (Å²) in [7, 11) is 0. The molecule has 0 unspecified atom stereocenters. The van der Waals surface area contributed by atoms with E-state index in [9.17, 15) is 27.9 Å². The lowest BCUT2D eigenvalue weighted by Crippen LogP contribution is -2.58. The van der Waals surface area contributed by atoms with Crippen molar-refractivity contribution < 1.29 is 37.3 Å². The van der Waals surface area contributed by atoms with Gasteiger partial charge in [0.25, 0.3) is 0 Å². The molecule has 0 saturated carbocycles. The minimum absolute atomic E-state index is 0.301. The van der Waals surface area contributed by atoms with Gasteiger partial charge in [-0.1, -0.05) is 0 Å². The normalized spacial score (nSPS) is 31.7. The van der Waals surface area contributed by atoms with Gasteiger partial charge in [-0.2, -0.15) is 13.2 Å². The average molecular weight is 285 g/mol. The Morgan fingerprint density at radius 1 is 1.42 bits per heavy atom. The highest BCUT2D eigenvalue weighted by molar-refractivity contribution is 5.82. The van der Waals surface area contributed by atoms with Crippen molar-refractivity contribution in [1.82, 2.24) is 5.32 Å². The Labute approximate surface area is 106 Å². The van der Waals surface area contributed by atoms with Crippen LogP contribution < -0.4 is 5.32 Å². The first kappa shape index (κ1) is 15.7. The molecular formula is C10H14F3NO5. The molecule has 19 heavy (non-hydrogen) atoms. The number of amides is 1. The first-order chi connectivity index (χ1) is 8.61. The molecule has 0 bridgehead atoms. The number of hydrogen-bond donors (Lipinski definition) is 2. The highest BCUT2D eigenvalue weighted by Gasteiger charge is 2.45. The van der Waals surface area contributed by atoms with Gasteiger partial charge in [-0.05, 0) is 6.92 Å². The van der Waals surface area contributed by atoms with E-state index in [1.54, 1.807) is 5.32 Å². The summed E-state index contributed by atoms with van der Waals surface area (Å²) >= 11 is 0. The van der Waals surface area contributed by atoms with Crippen molar-refractivity contribution in [2.24, 2.45) is 0 Å². The zero-order valence-electron chi connectivity index (χ0n) is 10.2. The second-order valence-corrected chi connectivity index (χ2v) is 4.18. The van der Waals surface area contributed by atoms with Gasteiger partial charge in [0, 0.05) is 13.3 Å². The smallest absolute Gasteiger partial charge is 0.458 e. The fourth-order valence-electron chi connectivity index (χ4n) is 1.82. The molecule has 0 radical (unpaired) electrons. The molecule has 0 aromatic rings. The van der Waals surface area contributed by atoms with Gasteiger partial charge in [-0.25, -0.2) is 0 Å². The third kappa shape index (κ3) is 4.35. The monoisotopic (exact) mass is 285 g/mol. The quantitative estimate of drug-likeness (QED) is 0.703. The molecule has 110 valence electrons. The maximum Gasteiger partial charge on any atom is 0.471 e. The van der Waals surface area contributed by atoms with Crippen molar-refractivity contribution >= 4 is 11.9 Å². The van der Waals surface area contributed by atoms with Crippen LogP contribution in [0.15, 0.2) is 0 Å². The van der Waals surface area contributed by atoms with E-state index < -0.39 is 42.6 Å². The SMILES string of the molecule is CC(=O)O[C@H]1[C@H](C)O[C@@H](O)C[C@H]1NC(=O)C(F)(F)F. The second kappa shape index (κ2) is 5.74. The van der Waals surface area contributed by atoms with Crippen LogP contribution in [0.1, 0.15) is 20.3 Å². The molecule has 4 atom stereocenters. The number of aliphatic hydroxyl groups excluding tert-OH is 1. The zero-order chi connectivity index (χ0) is 14.8. The van der Waals surface area contributed by atoms with E-state index in [4.69, 9.17) is 9.47 Å². The molecule has 0 aromatic heterocycles. The molecule has 1 aliphatic rings. The fourth-order valence-corrected chi connectivity index (χ4v) is 1.82. The maximum atomic E-state index is 12.2. The standard InChI is InChI=1S/C10H14F3NO5/c1-4-8(19-5(2)15)6(3-7(16)18-4)14-9(17)10(11,12)13/h4,6-8,16H,3H2,1-2H3,(H,14,17)/t4-,6+,7+,8-/m0/s1. The summed E-state index contributed by atoms with van der Waals surface area (Å²) < 4.78 is 46.3. The van der Waals surface area contributed by atoms with Crippen molar-refractivity contribution in [2.45, 2.75) is 51.0 Å². The molecule has 1 rings (SSSR count). The summed E-state index contributed by atoms with van der Waals surface area (Å²) in [6, 6.07) is -1.17. The first-order valence-electron chi connectivity index (χ1n) is 5.49. The number of halogens is 3. The molecule has 1 heterocycles. The molecule has 0 spiro atoms. The zero-order valence-corrected chi connectivity index (χ0v) is 10.2. The van der Waals surface area contributed by atoms with E-state index in [0.717, 1.165) is 6.92 Å². The first-order valence-corrected chi connectivity index (χ1v) is 5.49. The number of ether oxygens (including phenoxy) is 2. The lowest BCUT2D eigenvalue weighted by molar-refractivity contribution is -0.217. The van der Waals surface area contributed by atoms with Gasteiger partial charge in [-0.3, -0.25) is 9.59 Å². The molecule has 1 aliphatic heterocycles. The number of esters is 1. The number of rotatable bonds is 2. The Morgan fingerprint density at radius 3 is 2.47 bits per heavy atom. The molecule has 9 heteroatoms. The number of carbonyl (C=O) groups excluding carboxylic acids is 2. The summed E-state index contributed by atoms with van der Waals surface area (Å²) in [6.07, 6.45) is -8.61. The van der Waals surface area contributed by atoms with E-state index in [-0.39, 0.29) is 6.42 Å².